The standard InChI is InChI=1S/C15H12BrNO3/c1-20-15(19)11-4-2-3-10(9-11)14(18)17-13-7-5-12(16)6-8-13/h2-9H,1H3,(H,17,18). The van der Waals surface area contributed by atoms with Crippen molar-refractivity contribution in [1.82, 2.24) is 0 Å². The molecule has 2 rings (SSSR count). The number of nitrogens with one attached hydrogen (secondary N) is 1. The molecule has 0 aliphatic rings. The van der Waals surface area contributed by atoms with Crippen molar-refractivity contribution in [1.29, 1.82) is 0 Å². The third-order valence-electron chi connectivity index (χ3n) is 2.65. The Morgan fingerprint density at radius 2 is 1.70 bits per heavy atom. The van der Waals surface area contributed by atoms with Crippen molar-refractivity contribution < 1.29 is 14.3 Å². The normalized spacial score (nSPS) is 9.90. The van der Waals surface area contributed by atoms with Crippen molar-refractivity contribution in [3.63, 3.8) is 0 Å². The van der Waals surface area contributed by atoms with E-state index in [2.05, 4.69) is 26.0 Å². The van der Waals surface area contributed by atoms with Crippen LogP contribution in [0.4, 0.5) is 5.69 Å². The molecular weight excluding hydrogens is 322 g/mol. The third-order valence-corrected chi connectivity index (χ3v) is 3.18. The summed E-state index contributed by atoms with van der Waals surface area (Å²) in [5, 5.41) is 2.76. The number of carbonyl (C=O) groups is 2. The Morgan fingerprint density at radius 3 is 2.35 bits per heavy atom. The van der Waals surface area contributed by atoms with Crippen LogP contribution in [0.15, 0.2) is 53.0 Å². The number of anilines is 1. The number of hydrogen-bond acceptors (Lipinski definition) is 3. The van der Waals surface area contributed by atoms with E-state index in [0.29, 0.717) is 16.8 Å². The van der Waals surface area contributed by atoms with Crippen molar-refractivity contribution in [2.45, 2.75) is 0 Å². The zero-order chi connectivity index (χ0) is 14.5. The first-order valence-electron chi connectivity index (χ1n) is 5.85. The first kappa shape index (κ1) is 14.3. The minimum absolute atomic E-state index is 0.280. The highest BCUT2D eigenvalue weighted by atomic mass is 79.9. The lowest BCUT2D eigenvalue weighted by molar-refractivity contribution is 0.0600. The number of esters is 1. The molecule has 102 valence electrons. The van der Waals surface area contributed by atoms with Gasteiger partial charge in [-0.25, -0.2) is 4.79 Å². The van der Waals surface area contributed by atoms with Crippen LogP contribution in [0.3, 0.4) is 0 Å². The highest BCUT2D eigenvalue weighted by Crippen LogP contribution is 2.15. The molecule has 0 radical (unpaired) electrons. The second kappa shape index (κ2) is 6.34. The molecule has 0 saturated carbocycles. The summed E-state index contributed by atoms with van der Waals surface area (Å²) in [6.45, 7) is 0. The molecule has 1 amide bonds. The van der Waals surface area contributed by atoms with Crippen LogP contribution < -0.4 is 5.32 Å². The smallest absolute Gasteiger partial charge is 0.337 e. The van der Waals surface area contributed by atoms with E-state index in [1.54, 1.807) is 30.3 Å². The van der Waals surface area contributed by atoms with E-state index in [-0.39, 0.29) is 5.91 Å². The predicted molar refractivity (Wildman–Crippen MR) is 79.9 cm³/mol. The predicted octanol–water partition coefficient (Wildman–Crippen LogP) is 3.49. The Hall–Kier alpha value is -2.14. The molecule has 0 bridgehead atoms. The summed E-state index contributed by atoms with van der Waals surface area (Å²) >= 11 is 3.33. The molecule has 0 aliphatic carbocycles. The lowest BCUT2D eigenvalue weighted by Crippen LogP contribution is -2.13. The summed E-state index contributed by atoms with van der Waals surface area (Å²) in [4.78, 5) is 23.5. The Labute approximate surface area is 124 Å². The molecule has 0 saturated heterocycles. The van der Waals surface area contributed by atoms with Crippen LogP contribution in [0.25, 0.3) is 0 Å². The highest BCUT2D eigenvalue weighted by molar-refractivity contribution is 9.10. The van der Waals surface area contributed by atoms with E-state index in [4.69, 9.17) is 0 Å². The quantitative estimate of drug-likeness (QED) is 0.875. The number of ether oxygens (including phenoxy) is 1. The van der Waals surface area contributed by atoms with Crippen LogP contribution in [0.5, 0.6) is 0 Å². The van der Waals surface area contributed by atoms with Crippen molar-refractivity contribution >= 4 is 33.5 Å². The zero-order valence-electron chi connectivity index (χ0n) is 10.7. The topological polar surface area (TPSA) is 55.4 Å². The summed E-state index contributed by atoms with van der Waals surface area (Å²) in [6.07, 6.45) is 0. The van der Waals surface area contributed by atoms with Gasteiger partial charge in [0.25, 0.3) is 5.91 Å². The maximum atomic E-state index is 12.1. The molecule has 5 heteroatoms. The summed E-state index contributed by atoms with van der Waals surface area (Å²) < 4.78 is 5.56. The van der Waals surface area contributed by atoms with Gasteiger partial charge in [0.15, 0.2) is 0 Å². The Kier molecular flexibility index (Phi) is 4.53. The fraction of sp³-hybridized carbons (Fsp3) is 0.0667. The molecule has 0 unspecified atom stereocenters. The van der Waals surface area contributed by atoms with Gasteiger partial charge < -0.3 is 10.1 Å². The van der Waals surface area contributed by atoms with E-state index in [9.17, 15) is 9.59 Å². The fourth-order valence-electron chi connectivity index (χ4n) is 1.64. The molecule has 1 N–H and O–H groups in total. The van der Waals surface area contributed by atoms with Gasteiger partial charge in [0.05, 0.1) is 12.7 Å². The van der Waals surface area contributed by atoms with E-state index in [0.717, 1.165) is 4.47 Å². The van der Waals surface area contributed by atoms with Crippen molar-refractivity contribution in [2.75, 3.05) is 12.4 Å². The molecule has 2 aromatic carbocycles. The lowest BCUT2D eigenvalue weighted by Gasteiger charge is -2.06. The first-order valence-corrected chi connectivity index (χ1v) is 6.65. The monoisotopic (exact) mass is 333 g/mol. The Balaban J connectivity index is 2.17. The van der Waals surface area contributed by atoms with Gasteiger partial charge in [0.2, 0.25) is 0 Å². The molecule has 0 heterocycles. The van der Waals surface area contributed by atoms with E-state index in [1.165, 1.54) is 13.2 Å². The van der Waals surface area contributed by atoms with Crippen LogP contribution in [0, 0.1) is 0 Å². The minimum atomic E-state index is -0.469. The summed E-state index contributed by atoms with van der Waals surface area (Å²) in [5.74, 6) is -0.749. The van der Waals surface area contributed by atoms with Crippen LogP contribution >= 0.6 is 15.9 Å². The van der Waals surface area contributed by atoms with Gasteiger partial charge in [0.1, 0.15) is 0 Å². The Bertz CT molecular complexity index is 638. The van der Waals surface area contributed by atoms with Crippen LogP contribution in [0.2, 0.25) is 0 Å². The van der Waals surface area contributed by atoms with Gasteiger partial charge in [-0.1, -0.05) is 22.0 Å². The number of amides is 1. The van der Waals surface area contributed by atoms with Crippen LogP contribution in [-0.4, -0.2) is 19.0 Å². The van der Waals surface area contributed by atoms with E-state index < -0.39 is 5.97 Å². The summed E-state index contributed by atoms with van der Waals surface area (Å²) in [5.41, 5.74) is 1.42. The Morgan fingerprint density at radius 1 is 1.05 bits per heavy atom. The van der Waals surface area contributed by atoms with Gasteiger partial charge in [-0.05, 0) is 42.5 Å². The van der Waals surface area contributed by atoms with Crippen molar-refractivity contribution in [3.8, 4) is 0 Å². The second-order valence-electron chi connectivity index (χ2n) is 4.03. The molecule has 0 aliphatic heterocycles. The molecule has 2 aromatic rings. The average molecular weight is 334 g/mol. The average Bonchev–Trinajstić information content (AvgIpc) is 2.49. The van der Waals surface area contributed by atoms with Crippen LogP contribution in [-0.2, 0) is 4.74 Å². The van der Waals surface area contributed by atoms with Crippen molar-refractivity contribution in [2.24, 2.45) is 0 Å². The number of hydrogen-bond donors (Lipinski definition) is 1. The summed E-state index contributed by atoms with van der Waals surface area (Å²) in [7, 11) is 1.30. The highest BCUT2D eigenvalue weighted by Gasteiger charge is 2.10. The SMILES string of the molecule is COC(=O)c1cccc(C(=O)Nc2ccc(Br)cc2)c1. The van der Waals surface area contributed by atoms with Gasteiger partial charge in [-0.15, -0.1) is 0 Å². The van der Waals surface area contributed by atoms with Gasteiger partial charge in [-0.2, -0.15) is 0 Å². The minimum Gasteiger partial charge on any atom is -0.465 e. The van der Waals surface area contributed by atoms with Gasteiger partial charge >= 0.3 is 5.97 Å². The second-order valence-corrected chi connectivity index (χ2v) is 4.95. The summed E-state index contributed by atoms with van der Waals surface area (Å²) in [6, 6.07) is 13.6. The number of carbonyl (C=O) groups excluding carboxylic acids is 2. The van der Waals surface area contributed by atoms with Gasteiger partial charge in [0, 0.05) is 15.7 Å². The number of benzene rings is 2. The number of halogens is 1. The van der Waals surface area contributed by atoms with Gasteiger partial charge in [-0.3, -0.25) is 4.79 Å². The molecule has 20 heavy (non-hydrogen) atoms. The molecule has 4 nitrogen and oxygen atoms in total. The van der Waals surface area contributed by atoms with E-state index >= 15 is 0 Å². The molecule has 0 atom stereocenters. The lowest BCUT2D eigenvalue weighted by atomic mass is 10.1. The maximum Gasteiger partial charge on any atom is 0.337 e. The number of rotatable bonds is 3. The molecule has 0 aromatic heterocycles. The molecule has 0 fully saturated rings. The third kappa shape index (κ3) is 3.45. The largest absolute Gasteiger partial charge is 0.465 e. The first-order chi connectivity index (χ1) is 9.60. The zero-order valence-corrected chi connectivity index (χ0v) is 12.3. The number of methoxy groups -OCH3 is 1. The van der Waals surface area contributed by atoms with Crippen LogP contribution in [0.1, 0.15) is 20.7 Å². The van der Waals surface area contributed by atoms with E-state index in [1.807, 2.05) is 12.1 Å². The van der Waals surface area contributed by atoms with Crippen molar-refractivity contribution in [3.05, 3.63) is 64.1 Å². The molecular formula is C15H12BrNO3. The fourth-order valence-corrected chi connectivity index (χ4v) is 1.91. The molecule has 0 spiro atoms. The maximum absolute atomic E-state index is 12.1.